The zero-order valence-corrected chi connectivity index (χ0v) is 11.4. The van der Waals surface area contributed by atoms with Crippen LogP contribution in [0.5, 0.6) is 0 Å². The van der Waals surface area contributed by atoms with Crippen LogP contribution in [-0.2, 0) is 9.47 Å². The summed E-state index contributed by atoms with van der Waals surface area (Å²) in [6.07, 6.45) is 5.62. The number of aliphatic hydroxyl groups is 1. The Morgan fingerprint density at radius 1 is 1.24 bits per heavy atom. The Balaban J connectivity index is 2.18. The number of hydrogen-bond donors (Lipinski definition) is 2. The summed E-state index contributed by atoms with van der Waals surface area (Å²) in [6, 6.07) is 0.524. The molecule has 1 aliphatic carbocycles. The fourth-order valence-electron chi connectivity index (χ4n) is 2.28. The van der Waals surface area contributed by atoms with Crippen molar-refractivity contribution in [2.75, 3.05) is 27.4 Å². The minimum absolute atomic E-state index is 0.432. The summed E-state index contributed by atoms with van der Waals surface area (Å²) in [4.78, 5) is 0. The maximum absolute atomic E-state index is 10.1. The maximum atomic E-state index is 10.1. The van der Waals surface area contributed by atoms with E-state index in [4.69, 9.17) is 9.47 Å². The fourth-order valence-corrected chi connectivity index (χ4v) is 2.28. The zero-order chi connectivity index (χ0) is 12.7. The molecule has 0 amide bonds. The molecule has 1 aliphatic rings. The molecule has 102 valence electrons. The lowest BCUT2D eigenvalue weighted by molar-refractivity contribution is 0.0175. The smallest absolute Gasteiger partial charge is 0.0765 e. The highest BCUT2D eigenvalue weighted by atomic mass is 16.5. The summed E-state index contributed by atoms with van der Waals surface area (Å²) in [5, 5.41) is 13.6. The van der Waals surface area contributed by atoms with Crippen molar-refractivity contribution < 1.29 is 14.6 Å². The molecule has 17 heavy (non-hydrogen) atoms. The lowest BCUT2D eigenvalue weighted by atomic mass is 9.92. The highest BCUT2D eigenvalue weighted by molar-refractivity contribution is 4.82. The minimum atomic E-state index is -0.673. The molecule has 4 heteroatoms. The molecule has 0 radical (unpaired) electrons. The third kappa shape index (κ3) is 5.82. The number of hydrogen-bond acceptors (Lipinski definition) is 4. The van der Waals surface area contributed by atoms with Crippen molar-refractivity contribution in [3.63, 3.8) is 0 Å². The van der Waals surface area contributed by atoms with Crippen LogP contribution >= 0.6 is 0 Å². The van der Waals surface area contributed by atoms with Crippen molar-refractivity contribution in [2.24, 2.45) is 0 Å². The van der Waals surface area contributed by atoms with Gasteiger partial charge in [0.25, 0.3) is 0 Å². The minimum Gasteiger partial charge on any atom is -0.389 e. The monoisotopic (exact) mass is 245 g/mol. The van der Waals surface area contributed by atoms with Crippen LogP contribution in [0.1, 0.15) is 39.0 Å². The normalized spacial score (nSPS) is 28.9. The maximum Gasteiger partial charge on any atom is 0.0765 e. The van der Waals surface area contributed by atoms with Gasteiger partial charge in [0.05, 0.1) is 11.7 Å². The molecule has 1 rings (SSSR count). The predicted octanol–water partition coefficient (Wildman–Crippen LogP) is 1.32. The summed E-state index contributed by atoms with van der Waals surface area (Å²) in [6.45, 7) is 3.10. The molecule has 0 saturated heterocycles. The summed E-state index contributed by atoms with van der Waals surface area (Å²) in [5.41, 5.74) is -0.673. The Morgan fingerprint density at radius 2 is 1.88 bits per heavy atom. The highest BCUT2D eigenvalue weighted by Gasteiger charge is 2.24. The molecule has 0 spiro atoms. The zero-order valence-electron chi connectivity index (χ0n) is 11.4. The Hall–Kier alpha value is -0.160. The van der Waals surface area contributed by atoms with Crippen molar-refractivity contribution >= 4 is 0 Å². The van der Waals surface area contributed by atoms with Gasteiger partial charge < -0.3 is 19.9 Å². The van der Waals surface area contributed by atoms with E-state index in [1.165, 1.54) is 0 Å². The van der Waals surface area contributed by atoms with Gasteiger partial charge in [-0.3, -0.25) is 0 Å². The molecule has 0 bridgehead atoms. The van der Waals surface area contributed by atoms with E-state index in [0.29, 0.717) is 31.7 Å². The van der Waals surface area contributed by atoms with Gasteiger partial charge in [-0.1, -0.05) is 0 Å². The molecular formula is C13H27NO3. The molecule has 1 atom stereocenters. The first-order valence-corrected chi connectivity index (χ1v) is 6.55. The Morgan fingerprint density at radius 3 is 2.41 bits per heavy atom. The summed E-state index contributed by atoms with van der Waals surface area (Å²) in [5.74, 6) is 0. The van der Waals surface area contributed by atoms with E-state index in [9.17, 15) is 5.11 Å². The Labute approximate surface area is 105 Å². The van der Waals surface area contributed by atoms with E-state index in [0.717, 1.165) is 25.7 Å². The number of methoxy groups -OCH3 is 2. The third-order valence-corrected chi connectivity index (χ3v) is 3.62. The van der Waals surface area contributed by atoms with Crippen molar-refractivity contribution in [2.45, 2.75) is 56.8 Å². The van der Waals surface area contributed by atoms with Crippen LogP contribution in [0.2, 0.25) is 0 Å². The van der Waals surface area contributed by atoms with E-state index in [-0.39, 0.29) is 0 Å². The van der Waals surface area contributed by atoms with Crippen molar-refractivity contribution in [1.29, 1.82) is 0 Å². The molecule has 0 aromatic carbocycles. The Bertz CT molecular complexity index is 201. The van der Waals surface area contributed by atoms with Crippen LogP contribution in [0.4, 0.5) is 0 Å². The highest BCUT2D eigenvalue weighted by Crippen LogP contribution is 2.21. The number of ether oxygens (including phenoxy) is 2. The van der Waals surface area contributed by atoms with E-state index in [2.05, 4.69) is 5.32 Å². The molecule has 0 heterocycles. The average molecular weight is 245 g/mol. The van der Waals surface area contributed by atoms with E-state index in [1.54, 1.807) is 14.2 Å². The number of rotatable bonds is 7. The van der Waals surface area contributed by atoms with Gasteiger partial charge >= 0.3 is 0 Å². The molecule has 2 N–H and O–H groups in total. The van der Waals surface area contributed by atoms with Gasteiger partial charge in [-0.25, -0.2) is 0 Å². The molecule has 1 fully saturated rings. The van der Waals surface area contributed by atoms with Gasteiger partial charge in [0.1, 0.15) is 0 Å². The molecular weight excluding hydrogens is 218 g/mol. The van der Waals surface area contributed by atoms with Gasteiger partial charge in [-0.15, -0.1) is 0 Å². The first-order valence-electron chi connectivity index (χ1n) is 6.55. The molecule has 0 aromatic heterocycles. The van der Waals surface area contributed by atoms with Crippen LogP contribution in [0, 0.1) is 0 Å². The summed E-state index contributed by atoms with van der Waals surface area (Å²) < 4.78 is 10.3. The average Bonchev–Trinajstić information content (AvgIpc) is 2.35. The first-order chi connectivity index (χ1) is 8.07. The van der Waals surface area contributed by atoms with Gasteiger partial charge in [0.2, 0.25) is 0 Å². The van der Waals surface area contributed by atoms with Crippen LogP contribution in [0.3, 0.4) is 0 Å². The van der Waals surface area contributed by atoms with Gasteiger partial charge in [0, 0.05) is 39.8 Å². The number of nitrogens with one attached hydrogen (secondary N) is 1. The second kappa shape index (κ2) is 7.31. The van der Waals surface area contributed by atoms with Crippen LogP contribution < -0.4 is 5.32 Å². The van der Waals surface area contributed by atoms with Gasteiger partial charge in [0.15, 0.2) is 0 Å². The van der Waals surface area contributed by atoms with Crippen molar-refractivity contribution in [3.05, 3.63) is 0 Å². The van der Waals surface area contributed by atoms with Gasteiger partial charge in [-0.2, -0.15) is 0 Å². The molecule has 4 nitrogen and oxygen atoms in total. The SMILES string of the molecule is COCCC(C)(O)CNC1CCC(OC)CC1. The largest absolute Gasteiger partial charge is 0.389 e. The van der Waals surface area contributed by atoms with E-state index >= 15 is 0 Å². The summed E-state index contributed by atoms with van der Waals surface area (Å²) in [7, 11) is 3.45. The second-order valence-corrected chi connectivity index (χ2v) is 5.33. The third-order valence-electron chi connectivity index (χ3n) is 3.62. The van der Waals surface area contributed by atoms with Crippen molar-refractivity contribution in [3.8, 4) is 0 Å². The lowest BCUT2D eigenvalue weighted by Crippen LogP contribution is -2.44. The summed E-state index contributed by atoms with van der Waals surface area (Å²) >= 11 is 0. The van der Waals surface area contributed by atoms with Crippen LogP contribution in [0.15, 0.2) is 0 Å². The van der Waals surface area contributed by atoms with Gasteiger partial charge in [-0.05, 0) is 32.6 Å². The molecule has 1 unspecified atom stereocenters. The first kappa shape index (κ1) is 14.9. The van der Waals surface area contributed by atoms with E-state index in [1.807, 2.05) is 6.92 Å². The Kier molecular flexibility index (Phi) is 6.41. The fraction of sp³-hybridized carbons (Fsp3) is 1.00. The predicted molar refractivity (Wildman–Crippen MR) is 68.2 cm³/mol. The van der Waals surface area contributed by atoms with Crippen LogP contribution in [-0.4, -0.2) is 50.2 Å². The quantitative estimate of drug-likeness (QED) is 0.710. The van der Waals surface area contributed by atoms with Crippen molar-refractivity contribution in [1.82, 2.24) is 5.32 Å². The molecule has 0 aromatic rings. The lowest BCUT2D eigenvalue weighted by Gasteiger charge is -2.31. The second-order valence-electron chi connectivity index (χ2n) is 5.33. The molecule has 1 saturated carbocycles. The topological polar surface area (TPSA) is 50.7 Å². The standard InChI is InChI=1S/C13H27NO3/c1-13(15,8-9-16-2)10-14-11-4-6-12(17-3)7-5-11/h11-12,14-15H,4-10H2,1-3H3. The van der Waals surface area contributed by atoms with E-state index < -0.39 is 5.60 Å². The van der Waals surface area contributed by atoms with Crippen LogP contribution in [0.25, 0.3) is 0 Å². The molecule has 0 aliphatic heterocycles.